The third kappa shape index (κ3) is 12.3. The van der Waals surface area contributed by atoms with Crippen LogP contribution in [0.2, 0.25) is 0 Å². The molecule has 0 aromatic heterocycles. The van der Waals surface area contributed by atoms with Crippen molar-refractivity contribution in [2.24, 2.45) is 0 Å². The maximum absolute atomic E-state index is 13.7. The van der Waals surface area contributed by atoms with Gasteiger partial charge in [-0.25, -0.2) is 0 Å². The van der Waals surface area contributed by atoms with E-state index in [1.807, 2.05) is 72.8 Å². The fourth-order valence-electron chi connectivity index (χ4n) is 17.3. The molecule has 524 valence electrons. The minimum absolute atomic E-state index is 0. The second-order valence-corrected chi connectivity index (χ2v) is 28.7. The summed E-state index contributed by atoms with van der Waals surface area (Å²) in [4.78, 5) is 17.8. The molecule has 110 heavy (non-hydrogen) atoms. The van der Waals surface area contributed by atoms with E-state index in [2.05, 4.69) is 379 Å². The molecule has 0 bridgehead atoms. The number of ketones is 1. The van der Waals surface area contributed by atoms with E-state index in [9.17, 15) is 9.90 Å². The number of carbonyl (C=O) groups excluding carboxylic acids is 1. The first-order valence-electron chi connectivity index (χ1n) is 37.5. The monoisotopic (exact) mass is 1470 g/mol. The Morgan fingerprint density at radius 2 is 0.482 bits per heavy atom. The number of aliphatic hydroxyl groups is 1. The van der Waals surface area contributed by atoms with Crippen LogP contribution < -0.4 is 28.7 Å². The van der Waals surface area contributed by atoms with Crippen molar-refractivity contribution in [1.82, 2.24) is 0 Å². The van der Waals surface area contributed by atoms with Crippen LogP contribution in [0.15, 0.2) is 417 Å². The predicted molar refractivity (Wildman–Crippen MR) is 454 cm³/mol. The van der Waals surface area contributed by atoms with Gasteiger partial charge >= 0.3 is 18.9 Å². The normalized spacial score (nSPS) is 13.1. The predicted octanol–water partition coefficient (Wildman–Crippen LogP) is 23.6. The van der Waals surface area contributed by atoms with E-state index >= 15 is 0 Å². The summed E-state index contributed by atoms with van der Waals surface area (Å²) in [7, 11) is 0. The number of carbonyl (C=O) groups is 1. The minimum Gasteiger partial charge on any atom is -0.376 e. The number of hydrogen-bond donors (Lipinski definition) is 1. The Morgan fingerprint density at radius 1 is 0.264 bits per heavy atom. The molecule has 0 saturated carbocycles. The summed E-state index contributed by atoms with van der Waals surface area (Å²) in [6.45, 7) is 5.72. The molecular formula is C104H78BrLiN2O2. The zero-order valence-corrected chi connectivity index (χ0v) is 63.1. The van der Waals surface area contributed by atoms with Crippen LogP contribution in [-0.2, 0) is 16.4 Å². The number of halogens is 1. The van der Waals surface area contributed by atoms with Gasteiger partial charge in [-0.05, 0) is 179 Å². The number of hydrogen-bond acceptors (Lipinski definition) is 4. The third-order valence-corrected chi connectivity index (χ3v) is 22.7. The van der Waals surface area contributed by atoms with Crippen molar-refractivity contribution in [1.29, 1.82) is 0 Å². The topological polar surface area (TPSA) is 43.8 Å². The van der Waals surface area contributed by atoms with Gasteiger partial charge in [-0.2, -0.15) is 6.42 Å². The summed E-state index contributed by atoms with van der Waals surface area (Å²) >= 11 is 3.64. The molecule has 1 N–H and O–H groups in total. The van der Waals surface area contributed by atoms with Gasteiger partial charge in [-0.3, -0.25) is 4.79 Å². The number of benzene rings is 16. The molecule has 0 radical (unpaired) electrons. The second-order valence-electron chi connectivity index (χ2n) is 27.9. The minimum atomic E-state index is -1.42. The molecule has 20 rings (SSSR count). The summed E-state index contributed by atoms with van der Waals surface area (Å²) in [5.41, 5.74) is 27.4. The van der Waals surface area contributed by atoms with E-state index < -0.39 is 16.4 Å². The molecule has 4 nitrogen and oxygen atoms in total. The van der Waals surface area contributed by atoms with Crippen molar-refractivity contribution in [3.63, 3.8) is 0 Å². The van der Waals surface area contributed by atoms with Gasteiger partial charge < -0.3 is 21.8 Å². The van der Waals surface area contributed by atoms with E-state index in [4.69, 9.17) is 0 Å². The standard InChI is InChI=1S/C50H35NO.C26H16O.C24H18BrN.C4H9.Li/c52-50(44-26-12-7-21-39(44)35-31-33-38(34-32-35)51(36-17-3-1-4-18-36)37-19-5-2-6-20-37)47-29-15-13-27-45(47)49(46-28-14-16-30-48(46)50)42-24-10-8-22-40(42)41-23-9-11-25-43(41)49;27-25-19-11-3-7-15-23(19)26(24-16-8-4-12-20(24)25)21-13-5-1-9-17(21)18-10-2-6-14-22(18)26;25-24-14-8-7-13-23(24)19-15-17-22(18-16-19)26(20-9-3-1-4-10-20)21-11-5-2-6-12-21;1-3-4-2;/h1-34,52H;1-16H;1-18H;1,3-4H2,2H3;/q;;;-1;+1. The van der Waals surface area contributed by atoms with E-state index in [0.29, 0.717) is 0 Å². The van der Waals surface area contributed by atoms with Gasteiger partial charge in [0.05, 0.1) is 10.8 Å². The summed E-state index contributed by atoms with van der Waals surface area (Å²) < 4.78 is 1.11. The molecule has 16 aromatic rings. The molecule has 2 spiro atoms. The van der Waals surface area contributed by atoms with Gasteiger partial charge in [0.25, 0.3) is 0 Å². The van der Waals surface area contributed by atoms with Crippen LogP contribution in [0.25, 0.3) is 44.5 Å². The number of para-hydroxylation sites is 4. The average molecular weight is 1470 g/mol. The van der Waals surface area contributed by atoms with Crippen molar-refractivity contribution in [3.8, 4) is 44.5 Å². The van der Waals surface area contributed by atoms with Crippen LogP contribution in [0.5, 0.6) is 0 Å². The Bertz CT molecular complexity index is 5690. The quantitative estimate of drug-likeness (QED) is 0.109. The molecule has 6 heteroatoms. The molecule has 4 aliphatic rings. The Labute approximate surface area is 666 Å². The number of anilines is 6. The van der Waals surface area contributed by atoms with Gasteiger partial charge in [0.2, 0.25) is 0 Å². The van der Waals surface area contributed by atoms with Crippen LogP contribution in [0, 0.1) is 6.92 Å². The van der Waals surface area contributed by atoms with Crippen molar-refractivity contribution in [2.75, 3.05) is 9.80 Å². The molecule has 0 saturated heterocycles. The van der Waals surface area contributed by atoms with Gasteiger partial charge in [-0.15, -0.1) is 0 Å². The Balaban J connectivity index is 0.000000133. The van der Waals surface area contributed by atoms with Crippen molar-refractivity contribution in [2.45, 2.75) is 36.2 Å². The number of rotatable bonds is 10. The van der Waals surface area contributed by atoms with Crippen LogP contribution in [0.1, 0.15) is 96.9 Å². The molecule has 4 aliphatic carbocycles. The number of nitrogens with zero attached hydrogens (tertiary/aromatic N) is 2. The van der Waals surface area contributed by atoms with Crippen LogP contribution in [0.3, 0.4) is 0 Å². The number of unbranched alkanes of at least 4 members (excludes halogenated alkanes) is 1. The first kappa shape index (κ1) is 72.0. The van der Waals surface area contributed by atoms with Crippen molar-refractivity contribution >= 4 is 55.8 Å². The van der Waals surface area contributed by atoms with E-state index in [1.165, 1.54) is 62.1 Å². The summed E-state index contributed by atoms with van der Waals surface area (Å²) in [5, 5.41) is 13.7. The maximum atomic E-state index is 13.7. The molecular weight excluding hydrogens is 1400 g/mol. The molecule has 0 amide bonds. The van der Waals surface area contributed by atoms with E-state index in [-0.39, 0.29) is 24.6 Å². The van der Waals surface area contributed by atoms with E-state index in [1.54, 1.807) is 0 Å². The first-order chi connectivity index (χ1) is 53.8. The zero-order chi connectivity index (χ0) is 73.9. The largest absolute Gasteiger partial charge is 1.00 e. The number of fused-ring (bicyclic) bond motifs is 18. The van der Waals surface area contributed by atoms with Gasteiger partial charge in [0.15, 0.2) is 5.78 Å². The molecule has 0 fully saturated rings. The van der Waals surface area contributed by atoms with Crippen molar-refractivity contribution in [3.05, 3.63) is 496 Å². The fourth-order valence-corrected chi connectivity index (χ4v) is 17.8. The van der Waals surface area contributed by atoms with Crippen molar-refractivity contribution < 1.29 is 28.8 Å². The molecule has 0 unspecified atom stereocenters. The molecule has 0 heterocycles. The smallest absolute Gasteiger partial charge is 0.376 e. The Kier molecular flexibility index (Phi) is 20.4. The van der Waals surface area contributed by atoms with Gasteiger partial charge in [0.1, 0.15) is 5.60 Å². The van der Waals surface area contributed by atoms with Crippen LogP contribution in [0.4, 0.5) is 34.1 Å². The summed E-state index contributed by atoms with van der Waals surface area (Å²) in [5.74, 6) is 0.119. The molecule has 16 aromatic carbocycles. The maximum Gasteiger partial charge on any atom is 1.00 e. The van der Waals surface area contributed by atoms with Crippen LogP contribution >= 0.6 is 15.9 Å². The van der Waals surface area contributed by atoms with Gasteiger partial charge in [0, 0.05) is 55.3 Å². The van der Waals surface area contributed by atoms with Gasteiger partial charge in [-0.1, -0.05) is 363 Å². The summed E-state index contributed by atoms with van der Waals surface area (Å²) in [6, 6.07) is 144. The Morgan fingerprint density at radius 3 is 0.800 bits per heavy atom. The molecule has 0 aliphatic heterocycles. The van der Waals surface area contributed by atoms with Crippen LogP contribution in [-0.4, -0.2) is 10.9 Å². The van der Waals surface area contributed by atoms with E-state index in [0.717, 1.165) is 106 Å². The molecule has 0 atom stereocenters. The Hall–Kier alpha value is -12.2. The SMILES string of the molecule is Brc1ccccc1-c1ccc(N(c2ccccc2)c2ccccc2)cc1.O=C1c2ccccc2C2(c3ccccc31)c1ccccc1-c1ccccc12.OC1(c2ccccc2-c2ccc(N(c3ccccc3)c3ccccc3)cc2)c2ccccc2C2(c3ccccc3-c3ccccc32)c2ccccc21.[CH2-]CCC.[Li+]. The summed E-state index contributed by atoms with van der Waals surface area (Å²) in [6.07, 6.45) is 2.28. The first-order valence-corrected chi connectivity index (χ1v) is 38.3. The average Bonchev–Trinajstić information content (AvgIpc) is 1.33. The third-order valence-electron chi connectivity index (χ3n) is 22.0. The zero-order valence-electron chi connectivity index (χ0n) is 61.5. The second kappa shape index (κ2) is 31.2. The fraction of sp³-hybridized carbons (Fsp3) is 0.0577.